The van der Waals surface area contributed by atoms with Gasteiger partial charge in [-0.05, 0) is 60.8 Å². The lowest BCUT2D eigenvalue weighted by atomic mass is 10.2. The SMILES string of the molecule is Cc1cc(Cl)cc(Oc2ccc(C#N)cc2SN2CCN(C(N)=O)CC2)c1. The lowest BCUT2D eigenvalue weighted by Gasteiger charge is -2.33. The van der Waals surface area contributed by atoms with Crippen LogP contribution >= 0.6 is 23.5 Å². The number of carbonyl (C=O) groups excluding carboxylic acids is 1. The molecule has 0 atom stereocenters. The van der Waals surface area contributed by atoms with Crippen molar-refractivity contribution >= 4 is 29.6 Å². The van der Waals surface area contributed by atoms with Crippen LogP contribution in [0.25, 0.3) is 0 Å². The number of ether oxygens (including phenoxy) is 1. The first kappa shape index (κ1) is 19.4. The Morgan fingerprint density at radius 2 is 1.96 bits per heavy atom. The van der Waals surface area contributed by atoms with Gasteiger partial charge in [0.15, 0.2) is 0 Å². The van der Waals surface area contributed by atoms with Gasteiger partial charge in [0.1, 0.15) is 11.5 Å². The van der Waals surface area contributed by atoms with Crippen molar-refractivity contribution < 1.29 is 9.53 Å². The van der Waals surface area contributed by atoms with Gasteiger partial charge in [0.05, 0.1) is 16.5 Å². The summed E-state index contributed by atoms with van der Waals surface area (Å²) >= 11 is 7.63. The summed E-state index contributed by atoms with van der Waals surface area (Å²) in [6, 6.07) is 12.6. The molecule has 1 fully saturated rings. The zero-order chi connectivity index (χ0) is 19.4. The Morgan fingerprint density at radius 1 is 1.22 bits per heavy atom. The molecule has 3 rings (SSSR count). The number of rotatable bonds is 4. The van der Waals surface area contributed by atoms with Crippen LogP contribution in [0.4, 0.5) is 4.79 Å². The Kier molecular flexibility index (Phi) is 6.11. The van der Waals surface area contributed by atoms with Crippen molar-refractivity contribution in [2.75, 3.05) is 26.2 Å². The first-order valence-corrected chi connectivity index (χ1v) is 9.56. The fourth-order valence-electron chi connectivity index (χ4n) is 2.76. The molecule has 2 N–H and O–H groups in total. The van der Waals surface area contributed by atoms with Crippen molar-refractivity contribution in [1.29, 1.82) is 5.26 Å². The minimum absolute atomic E-state index is 0.397. The molecule has 0 aliphatic carbocycles. The summed E-state index contributed by atoms with van der Waals surface area (Å²) in [5.41, 5.74) is 6.89. The first-order chi connectivity index (χ1) is 12.9. The molecule has 0 aromatic heterocycles. The van der Waals surface area contributed by atoms with E-state index in [9.17, 15) is 10.1 Å². The van der Waals surface area contributed by atoms with E-state index in [1.54, 1.807) is 29.2 Å². The molecule has 1 aliphatic heterocycles. The van der Waals surface area contributed by atoms with Crippen molar-refractivity contribution in [3.63, 3.8) is 0 Å². The van der Waals surface area contributed by atoms with Crippen LogP contribution < -0.4 is 10.5 Å². The highest BCUT2D eigenvalue weighted by atomic mass is 35.5. The molecule has 140 valence electrons. The normalized spacial score (nSPS) is 14.6. The zero-order valence-corrected chi connectivity index (χ0v) is 16.4. The number of piperazine rings is 1. The predicted octanol–water partition coefficient (Wildman–Crippen LogP) is 4.02. The summed E-state index contributed by atoms with van der Waals surface area (Å²) in [5.74, 6) is 1.29. The van der Waals surface area contributed by atoms with Gasteiger partial charge in [-0.2, -0.15) is 5.26 Å². The fraction of sp³-hybridized carbons (Fsp3) is 0.263. The Hall–Kier alpha value is -2.40. The number of carbonyl (C=O) groups is 1. The second kappa shape index (κ2) is 8.53. The summed E-state index contributed by atoms with van der Waals surface area (Å²) in [6.45, 7) is 4.46. The van der Waals surface area contributed by atoms with E-state index in [4.69, 9.17) is 22.1 Å². The number of benzene rings is 2. The molecule has 6 nitrogen and oxygen atoms in total. The third-order valence-corrected chi connectivity index (χ3v) is 5.45. The largest absolute Gasteiger partial charge is 0.456 e. The maximum atomic E-state index is 11.3. The van der Waals surface area contributed by atoms with Crippen molar-refractivity contribution in [2.24, 2.45) is 5.73 Å². The summed E-state index contributed by atoms with van der Waals surface area (Å²) in [7, 11) is 0. The van der Waals surface area contributed by atoms with Gasteiger partial charge < -0.3 is 15.4 Å². The monoisotopic (exact) mass is 402 g/mol. The molecule has 27 heavy (non-hydrogen) atoms. The highest BCUT2D eigenvalue weighted by molar-refractivity contribution is 7.97. The van der Waals surface area contributed by atoms with Gasteiger partial charge >= 0.3 is 6.03 Å². The van der Waals surface area contributed by atoms with Gasteiger partial charge in [-0.25, -0.2) is 9.10 Å². The second-order valence-electron chi connectivity index (χ2n) is 6.19. The summed E-state index contributed by atoms with van der Waals surface area (Å²) < 4.78 is 8.18. The molecule has 2 aromatic carbocycles. The maximum absolute atomic E-state index is 11.3. The van der Waals surface area contributed by atoms with Gasteiger partial charge in [0.25, 0.3) is 0 Å². The topological polar surface area (TPSA) is 82.6 Å². The Bertz CT molecular complexity index is 872. The van der Waals surface area contributed by atoms with Gasteiger partial charge in [0.2, 0.25) is 0 Å². The minimum Gasteiger partial charge on any atom is -0.456 e. The Balaban J connectivity index is 1.79. The number of aryl methyl sites for hydroxylation is 1. The van der Waals surface area contributed by atoms with E-state index in [-0.39, 0.29) is 0 Å². The number of primary amides is 1. The molecule has 2 aromatic rings. The van der Waals surface area contributed by atoms with Gasteiger partial charge in [-0.1, -0.05) is 11.6 Å². The standard InChI is InChI=1S/C19H19ClN4O2S/c1-13-8-15(20)11-16(9-13)26-17-3-2-14(12-21)10-18(17)27-24-6-4-23(5-7-24)19(22)25/h2-3,8-11H,4-7H2,1H3,(H2,22,25). The molecule has 1 aliphatic rings. The average Bonchev–Trinajstić information content (AvgIpc) is 2.62. The maximum Gasteiger partial charge on any atom is 0.314 e. The number of halogens is 1. The number of hydrogen-bond acceptors (Lipinski definition) is 5. The molecular weight excluding hydrogens is 384 g/mol. The summed E-state index contributed by atoms with van der Waals surface area (Å²) in [6.07, 6.45) is 0. The summed E-state index contributed by atoms with van der Waals surface area (Å²) in [5, 5.41) is 9.83. The molecule has 0 saturated carbocycles. The zero-order valence-electron chi connectivity index (χ0n) is 14.8. The van der Waals surface area contributed by atoms with Crippen LogP contribution in [0.3, 0.4) is 0 Å². The van der Waals surface area contributed by atoms with Crippen molar-refractivity contribution in [1.82, 2.24) is 9.21 Å². The van der Waals surface area contributed by atoms with Crippen molar-refractivity contribution in [2.45, 2.75) is 11.8 Å². The Morgan fingerprint density at radius 3 is 2.59 bits per heavy atom. The number of hydrogen-bond donors (Lipinski definition) is 1. The highest BCUT2D eigenvalue weighted by Gasteiger charge is 2.21. The van der Waals surface area contributed by atoms with Crippen LogP contribution in [-0.2, 0) is 0 Å². The highest BCUT2D eigenvalue weighted by Crippen LogP contribution is 2.36. The third kappa shape index (κ3) is 5.07. The first-order valence-electron chi connectivity index (χ1n) is 8.41. The molecule has 0 radical (unpaired) electrons. The number of nitrogens with two attached hydrogens (primary N) is 1. The van der Waals surface area contributed by atoms with Crippen LogP contribution in [0.2, 0.25) is 5.02 Å². The number of urea groups is 1. The van der Waals surface area contributed by atoms with E-state index in [0.717, 1.165) is 10.5 Å². The summed E-state index contributed by atoms with van der Waals surface area (Å²) in [4.78, 5) is 13.7. The molecule has 8 heteroatoms. The molecule has 2 amide bonds. The van der Waals surface area contributed by atoms with Crippen LogP contribution in [0.1, 0.15) is 11.1 Å². The smallest absolute Gasteiger partial charge is 0.314 e. The fourth-order valence-corrected chi connectivity index (χ4v) is 4.04. The molecule has 1 saturated heterocycles. The minimum atomic E-state index is -0.397. The van der Waals surface area contributed by atoms with E-state index >= 15 is 0 Å². The van der Waals surface area contributed by atoms with Crippen molar-refractivity contribution in [3.8, 4) is 17.6 Å². The van der Waals surface area contributed by atoms with Crippen molar-refractivity contribution in [3.05, 3.63) is 52.5 Å². The molecule has 0 spiro atoms. The molecular formula is C19H19ClN4O2S. The predicted molar refractivity (Wildman–Crippen MR) is 106 cm³/mol. The van der Waals surface area contributed by atoms with E-state index in [0.29, 0.717) is 48.3 Å². The average molecular weight is 403 g/mol. The van der Waals surface area contributed by atoms with Crippen LogP contribution in [0.15, 0.2) is 41.3 Å². The van der Waals surface area contributed by atoms with E-state index in [2.05, 4.69) is 10.4 Å². The van der Waals surface area contributed by atoms with E-state index in [1.807, 2.05) is 19.1 Å². The third-order valence-electron chi connectivity index (χ3n) is 4.09. The van der Waals surface area contributed by atoms with Crippen LogP contribution in [0, 0.1) is 18.3 Å². The van der Waals surface area contributed by atoms with Crippen LogP contribution in [-0.4, -0.2) is 41.4 Å². The Labute approximate surface area is 167 Å². The number of nitrogens with zero attached hydrogens (tertiary/aromatic N) is 3. The number of amides is 2. The van der Waals surface area contributed by atoms with Gasteiger partial charge in [0, 0.05) is 31.2 Å². The molecule has 1 heterocycles. The molecule has 0 bridgehead atoms. The van der Waals surface area contributed by atoms with E-state index < -0.39 is 6.03 Å². The second-order valence-corrected chi connectivity index (χ2v) is 7.76. The quantitative estimate of drug-likeness (QED) is 0.781. The van der Waals surface area contributed by atoms with Crippen LogP contribution in [0.5, 0.6) is 11.5 Å². The lowest BCUT2D eigenvalue weighted by molar-refractivity contribution is 0.184. The van der Waals surface area contributed by atoms with E-state index in [1.165, 1.54) is 11.9 Å². The number of nitriles is 1. The van der Waals surface area contributed by atoms with Gasteiger partial charge in [-0.3, -0.25) is 0 Å². The lowest BCUT2D eigenvalue weighted by Crippen LogP contribution is -2.48. The van der Waals surface area contributed by atoms with Gasteiger partial charge in [-0.15, -0.1) is 0 Å². The molecule has 0 unspecified atom stereocenters.